The van der Waals surface area contributed by atoms with E-state index in [1.807, 2.05) is 36.4 Å². The monoisotopic (exact) mass is 597 g/mol. The Labute approximate surface area is 252 Å². The second-order valence-corrected chi connectivity index (χ2v) is 9.87. The number of carbonyl (C=O) groups is 1. The highest BCUT2D eigenvalue weighted by Gasteiger charge is 2.17. The van der Waals surface area contributed by atoms with Crippen LogP contribution in [0, 0.1) is 0 Å². The SMILES string of the molecule is CCCCNC(=O)Nc1nc2nc(NCc3cn(-c4ccc5c(c4)OCO5)nn3)ncc2cc1-c1cc(OC)cc(OC)c1. The van der Waals surface area contributed by atoms with Gasteiger partial charge in [0.25, 0.3) is 0 Å². The van der Waals surface area contributed by atoms with E-state index in [0.717, 1.165) is 24.1 Å². The van der Waals surface area contributed by atoms with Gasteiger partial charge in [0.2, 0.25) is 12.7 Å². The first-order valence-electron chi connectivity index (χ1n) is 14.0. The van der Waals surface area contributed by atoms with Crippen LogP contribution in [0.5, 0.6) is 23.0 Å². The number of pyridine rings is 1. The maximum absolute atomic E-state index is 12.8. The van der Waals surface area contributed by atoms with E-state index >= 15 is 0 Å². The standard InChI is InChI=1S/C30H31N9O5/c1-4-5-8-31-30(40)36-28-24(18-9-22(41-2)13-23(10-18)42-3)11-19-14-32-29(35-27(19)34-28)33-15-20-16-39(38-37-20)21-6-7-25-26(12-21)44-17-43-25/h6-7,9-14,16H,4-5,8,15,17H2,1-3H3,(H3,31,32,33,34,35,36,40). The minimum Gasteiger partial charge on any atom is -0.497 e. The van der Waals surface area contributed by atoms with Crippen molar-refractivity contribution in [1.82, 2.24) is 35.3 Å². The van der Waals surface area contributed by atoms with Crippen molar-refractivity contribution in [3.8, 4) is 39.8 Å². The number of nitrogens with one attached hydrogen (secondary N) is 3. The molecule has 0 atom stereocenters. The zero-order valence-corrected chi connectivity index (χ0v) is 24.5. The molecule has 6 rings (SSSR count). The fourth-order valence-corrected chi connectivity index (χ4v) is 4.56. The number of urea groups is 1. The van der Waals surface area contributed by atoms with E-state index in [-0.39, 0.29) is 12.8 Å². The third-order valence-electron chi connectivity index (χ3n) is 6.87. The predicted octanol–water partition coefficient (Wildman–Crippen LogP) is 4.55. The number of anilines is 2. The second kappa shape index (κ2) is 12.7. The molecule has 0 aliphatic carbocycles. The van der Waals surface area contributed by atoms with Gasteiger partial charge in [0.1, 0.15) is 23.0 Å². The maximum Gasteiger partial charge on any atom is 0.320 e. The van der Waals surface area contributed by atoms with Crippen LogP contribution in [-0.4, -0.2) is 63.5 Å². The molecule has 0 unspecified atom stereocenters. The molecule has 14 nitrogen and oxygen atoms in total. The number of nitrogens with zero attached hydrogens (tertiary/aromatic N) is 6. The van der Waals surface area contributed by atoms with E-state index in [2.05, 4.69) is 43.2 Å². The van der Waals surface area contributed by atoms with Crippen molar-refractivity contribution in [1.29, 1.82) is 0 Å². The van der Waals surface area contributed by atoms with Crippen molar-refractivity contribution in [3.05, 3.63) is 60.6 Å². The lowest BCUT2D eigenvalue weighted by atomic mass is 10.0. The molecule has 0 fully saturated rings. The van der Waals surface area contributed by atoms with Crippen LogP contribution in [0.15, 0.2) is 54.9 Å². The van der Waals surface area contributed by atoms with Crippen molar-refractivity contribution < 1.29 is 23.7 Å². The minimum absolute atomic E-state index is 0.201. The van der Waals surface area contributed by atoms with Crippen LogP contribution >= 0.6 is 0 Å². The fraction of sp³-hybridized carbons (Fsp3) is 0.267. The lowest BCUT2D eigenvalue weighted by Crippen LogP contribution is -2.30. The Hall–Kier alpha value is -5.66. The Balaban J connectivity index is 1.25. The van der Waals surface area contributed by atoms with Crippen LogP contribution in [0.1, 0.15) is 25.5 Å². The van der Waals surface area contributed by atoms with Gasteiger partial charge in [-0.15, -0.1) is 5.10 Å². The van der Waals surface area contributed by atoms with Gasteiger partial charge in [-0.25, -0.2) is 19.4 Å². The van der Waals surface area contributed by atoms with Gasteiger partial charge in [0.05, 0.1) is 32.6 Å². The third kappa shape index (κ3) is 6.23. The lowest BCUT2D eigenvalue weighted by Gasteiger charge is -2.14. The van der Waals surface area contributed by atoms with E-state index in [1.165, 1.54) is 0 Å². The maximum atomic E-state index is 12.8. The first-order valence-corrected chi connectivity index (χ1v) is 14.0. The van der Waals surface area contributed by atoms with Gasteiger partial charge < -0.3 is 29.6 Å². The van der Waals surface area contributed by atoms with Crippen LogP contribution < -0.4 is 34.9 Å². The summed E-state index contributed by atoms with van der Waals surface area (Å²) in [6.45, 7) is 3.13. The summed E-state index contributed by atoms with van der Waals surface area (Å²) in [4.78, 5) is 26.5. The topological polar surface area (TPSA) is 159 Å². The smallest absolute Gasteiger partial charge is 0.320 e. The molecule has 14 heteroatoms. The molecular formula is C30H31N9O5. The molecule has 0 saturated heterocycles. The predicted molar refractivity (Wildman–Crippen MR) is 163 cm³/mol. The Bertz CT molecular complexity index is 1790. The van der Waals surface area contributed by atoms with Crippen LogP contribution in [-0.2, 0) is 6.54 Å². The normalized spacial score (nSPS) is 11.8. The summed E-state index contributed by atoms with van der Waals surface area (Å²) in [5.74, 6) is 3.24. The van der Waals surface area contributed by atoms with Crippen molar-refractivity contribution >= 4 is 28.8 Å². The number of methoxy groups -OCH3 is 2. The molecule has 0 radical (unpaired) electrons. The van der Waals surface area contributed by atoms with Crippen molar-refractivity contribution in [2.45, 2.75) is 26.3 Å². The van der Waals surface area contributed by atoms with Gasteiger partial charge >= 0.3 is 6.03 Å². The summed E-state index contributed by atoms with van der Waals surface area (Å²) < 4.78 is 23.4. The van der Waals surface area contributed by atoms with E-state index in [0.29, 0.717) is 70.1 Å². The van der Waals surface area contributed by atoms with Gasteiger partial charge in [-0.2, -0.15) is 4.98 Å². The molecule has 0 saturated carbocycles. The number of hydrogen-bond donors (Lipinski definition) is 3. The Morgan fingerprint density at radius 2 is 1.84 bits per heavy atom. The molecule has 4 heterocycles. The number of carbonyl (C=O) groups excluding carboxylic acids is 1. The minimum atomic E-state index is -0.362. The summed E-state index contributed by atoms with van der Waals surface area (Å²) in [5, 5.41) is 18.1. The zero-order chi connectivity index (χ0) is 30.5. The zero-order valence-electron chi connectivity index (χ0n) is 24.5. The second-order valence-electron chi connectivity index (χ2n) is 9.87. The van der Waals surface area contributed by atoms with E-state index in [9.17, 15) is 4.79 Å². The average Bonchev–Trinajstić information content (AvgIpc) is 3.73. The quantitative estimate of drug-likeness (QED) is 0.183. The summed E-state index contributed by atoms with van der Waals surface area (Å²) >= 11 is 0. The van der Waals surface area contributed by atoms with Gasteiger partial charge in [-0.3, -0.25) is 5.32 Å². The van der Waals surface area contributed by atoms with Crippen LogP contribution in [0.25, 0.3) is 27.8 Å². The van der Waals surface area contributed by atoms with Gasteiger partial charge in [-0.1, -0.05) is 18.6 Å². The van der Waals surface area contributed by atoms with Gasteiger partial charge in [-0.05, 0) is 42.3 Å². The number of fused-ring (bicyclic) bond motifs is 2. The molecule has 3 aromatic heterocycles. The first kappa shape index (κ1) is 28.5. The summed E-state index contributed by atoms with van der Waals surface area (Å²) in [6.07, 6.45) is 5.31. The largest absolute Gasteiger partial charge is 0.497 e. The Morgan fingerprint density at radius 1 is 1.02 bits per heavy atom. The molecule has 0 spiro atoms. The number of benzene rings is 2. The van der Waals surface area contributed by atoms with E-state index in [4.69, 9.17) is 23.9 Å². The average molecular weight is 598 g/mol. The van der Waals surface area contributed by atoms with Crippen LogP contribution in [0.2, 0.25) is 0 Å². The highest BCUT2D eigenvalue weighted by Crippen LogP contribution is 2.35. The molecular weight excluding hydrogens is 566 g/mol. The molecule has 2 amide bonds. The third-order valence-corrected chi connectivity index (χ3v) is 6.87. The first-order chi connectivity index (χ1) is 21.5. The van der Waals surface area contributed by atoms with E-state index in [1.54, 1.807) is 37.4 Å². The Morgan fingerprint density at radius 3 is 2.64 bits per heavy atom. The fourth-order valence-electron chi connectivity index (χ4n) is 4.56. The number of rotatable bonds is 11. The molecule has 1 aliphatic heterocycles. The number of ether oxygens (including phenoxy) is 4. The number of amides is 2. The molecule has 0 bridgehead atoms. The lowest BCUT2D eigenvalue weighted by molar-refractivity contribution is 0.174. The molecule has 44 heavy (non-hydrogen) atoms. The summed E-state index contributed by atoms with van der Waals surface area (Å²) in [6, 6.07) is 12.5. The summed E-state index contributed by atoms with van der Waals surface area (Å²) in [7, 11) is 3.16. The summed E-state index contributed by atoms with van der Waals surface area (Å²) in [5.41, 5.74) is 3.26. The highest BCUT2D eigenvalue weighted by molar-refractivity contribution is 5.96. The van der Waals surface area contributed by atoms with Gasteiger partial charge in [0.15, 0.2) is 17.1 Å². The molecule has 226 valence electrons. The highest BCUT2D eigenvalue weighted by atomic mass is 16.7. The van der Waals surface area contributed by atoms with Crippen LogP contribution in [0.4, 0.5) is 16.6 Å². The van der Waals surface area contributed by atoms with Crippen molar-refractivity contribution in [3.63, 3.8) is 0 Å². The number of aromatic nitrogens is 6. The number of hydrogen-bond acceptors (Lipinski definition) is 11. The van der Waals surface area contributed by atoms with Gasteiger partial charge in [0, 0.05) is 35.8 Å². The molecule has 2 aromatic carbocycles. The molecule has 5 aromatic rings. The van der Waals surface area contributed by atoms with Crippen molar-refractivity contribution in [2.24, 2.45) is 0 Å². The number of unbranched alkanes of at least 4 members (excludes halogenated alkanes) is 1. The van der Waals surface area contributed by atoms with Crippen molar-refractivity contribution in [2.75, 3.05) is 38.2 Å². The molecule has 1 aliphatic rings. The molecule has 3 N–H and O–H groups in total. The van der Waals surface area contributed by atoms with Crippen LogP contribution in [0.3, 0.4) is 0 Å². The Kier molecular flexibility index (Phi) is 8.21. The van der Waals surface area contributed by atoms with E-state index < -0.39 is 0 Å².